The predicted molar refractivity (Wildman–Crippen MR) is 62.9 cm³/mol. The van der Waals surface area contributed by atoms with Gasteiger partial charge in [0.05, 0.1) is 12.3 Å². The van der Waals surface area contributed by atoms with Crippen LogP contribution in [0, 0.1) is 0 Å². The van der Waals surface area contributed by atoms with Gasteiger partial charge in [0.25, 0.3) is 0 Å². The molecule has 0 amide bonds. The third-order valence-corrected chi connectivity index (χ3v) is 3.85. The molecule has 1 aliphatic rings. The van der Waals surface area contributed by atoms with Crippen LogP contribution >= 0.6 is 15.9 Å². The Hall–Kier alpha value is -0.350. The SMILES string of the molecule is Cn1c(CCO)nc(Br)c1C1CCCC1. The Morgan fingerprint density at radius 3 is 2.73 bits per heavy atom. The molecule has 0 aromatic carbocycles. The van der Waals surface area contributed by atoms with E-state index in [4.69, 9.17) is 5.11 Å². The minimum Gasteiger partial charge on any atom is -0.396 e. The molecular formula is C11H17BrN2O. The molecule has 0 saturated heterocycles. The number of hydrogen-bond acceptors (Lipinski definition) is 2. The van der Waals surface area contributed by atoms with Crippen LogP contribution in [0.15, 0.2) is 4.60 Å². The van der Waals surface area contributed by atoms with Crippen molar-refractivity contribution in [1.29, 1.82) is 0 Å². The molecule has 0 bridgehead atoms. The van der Waals surface area contributed by atoms with Gasteiger partial charge in [-0.15, -0.1) is 0 Å². The number of rotatable bonds is 3. The minimum atomic E-state index is 0.168. The molecule has 0 radical (unpaired) electrons. The fourth-order valence-electron chi connectivity index (χ4n) is 2.49. The van der Waals surface area contributed by atoms with Crippen molar-refractivity contribution in [3.63, 3.8) is 0 Å². The van der Waals surface area contributed by atoms with E-state index in [9.17, 15) is 0 Å². The Labute approximate surface area is 98.6 Å². The minimum absolute atomic E-state index is 0.168. The number of aromatic nitrogens is 2. The number of hydrogen-bond donors (Lipinski definition) is 1. The lowest BCUT2D eigenvalue weighted by Crippen LogP contribution is -2.06. The average molecular weight is 273 g/mol. The molecule has 0 aliphatic heterocycles. The fraction of sp³-hybridized carbons (Fsp3) is 0.727. The van der Waals surface area contributed by atoms with Gasteiger partial charge in [0.2, 0.25) is 0 Å². The summed E-state index contributed by atoms with van der Waals surface area (Å²) < 4.78 is 3.12. The highest BCUT2D eigenvalue weighted by molar-refractivity contribution is 9.10. The lowest BCUT2D eigenvalue weighted by Gasteiger charge is -2.11. The monoisotopic (exact) mass is 272 g/mol. The van der Waals surface area contributed by atoms with Gasteiger partial charge in [-0.2, -0.15) is 0 Å². The smallest absolute Gasteiger partial charge is 0.127 e. The largest absolute Gasteiger partial charge is 0.396 e. The van der Waals surface area contributed by atoms with Crippen molar-refractivity contribution in [3.8, 4) is 0 Å². The second-order valence-electron chi connectivity index (χ2n) is 4.22. The van der Waals surface area contributed by atoms with E-state index in [-0.39, 0.29) is 6.61 Å². The Kier molecular flexibility index (Phi) is 3.46. The van der Waals surface area contributed by atoms with Crippen LogP contribution < -0.4 is 0 Å². The Bertz CT molecular complexity index is 343. The summed E-state index contributed by atoms with van der Waals surface area (Å²) in [6, 6.07) is 0. The van der Waals surface area contributed by atoms with E-state index < -0.39 is 0 Å². The van der Waals surface area contributed by atoms with Crippen molar-refractivity contribution in [2.75, 3.05) is 6.61 Å². The maximum Gasteiger partial charge on any atom is 0.127 e. The Morgan fingerprint density at radius 1 is 1.47 bits per heavy atom. The quantitative estimate of drug-likeness (QED) is 0.918. The van der Waals surface area contributed by atoms with Crippen LogP contribution in [0.2, 0.25) is 0 Å². The van der Waals surface area contributed by atoms with Gasteiger partial charge in [-0.25, -0.2) is 4.98 Å². The third-order valence-electron chi connectivity index (χ3n) is 3.26. The number of nitrogens with zero attached hydrogens (tertiary/aromatic N) is 2. The number of halogens is 1. The lowest BCUT2D eigenvalue weighted by atomic mass is 10.1. The van der Waals surface area contributed by atoms with Gasteiger partial charge in [0.15, 0.2) is 0 Å². The van der Waals surface area contributed by atoms with Crippen molar-refractivity contribution < 1.29 is 5.11 Å². The maximum absolute atomic E-state index is 8.94. The molecule has 1 heterocycles. The van der Waals surface area contributed by atoms with Crippen LogP contribution in [0.3, 0.4) is 0 Å². The van der Waals surface area contributed by atoms with Crippen LogP contribution in [0.25, 0.3) is 0 Å². The molecule has 1 aromatic rings. The molecule has 1 aliphatic carbocycles. The van der Waals surface area contributed by atoms with Crippen LogP contribution in [0.1, 0.15) is 43.1 Å². The van der Waals surface area contributed by atoms with Gasteiger partial charge in [-0.1, -0.05) is 12.8 Å². The normalized spacial score (nSPS) is 17.5. The first kappa shape index (κ1) is 11.1. The van der Waals surface area contributed by atoms with Crippen molar-refractivity contribution in [1.82, 2.24) is 9.55 Å². The molecule has 4 heteroatoms. The third kappa shape index (κ3) is 2.11. The summed E-state index contributed by atoms with van der Waals surface area (Å²) in [5, 5.41) is 8.94. The van der Waals surface area contributed by atoms with Gasteiger partial charge in [-0.3, -0.25) is 0 Å². The Morgan fingerprint density at radius 2 is 2.13 bits per heavy atom. The maximum atomic E-state index is 8.94. The van der Waals surface area contributed by atoms with E-state index in [1.54, 1.807) is 0 Å². The van der Waals surface area contributed by atoms with Crippen LogP contribution in [0.4, 0.5) is 0 Å². The van der Waals surface area contributed by atoms with Gasteiger partial charge >= 0.3 is 0 Å². The summed E-state index contributed by atoms with van der Waals surface area (Å²) in [5.41, 5.74) is 1.32. The van der Waals surface area contributed by atoms with E-state index in [2.05, 4.69) is 32.5 Å². The molecule has 0 atom stereocenters. The molecule has 3 nitrogen and oxygen atoms in total. The van der Waals surface area contributed by atoms with E-state index >= 15 is 0 Å². The van der Waals surface area contributed by atoms with Crippen molar-refractivity contribution >= 4 is 15.9 Å². The second kappa shape index (κ2) is 4.66. The first-order valence-corrected chi connectivity index (χ1v) is 6.35. The molecule has 0 unspecified atom stereocenters. The summed E-state index contributed by atoms with van der Waals surface area (Å²) in [6.07, 6.45) is 5.85. The molecule has 1 fully saturated rings. The molecule has 0 spiro atoms. The van der Waals surface area contributed by atoms with Gasteiger partial charge in [0, 0.05) is 19.4 Å². The Balaban J connectivity index is 2.29. The van der Waals surface area contributed by atoms with E-state index in [0.29, 0.717) is 12.3 Å². The van der Waals surface area contributed by atoms with E-state index in [0.717, 1.165) is 10.4 Å². The number of aliphatic hydroxyl groups excluding tert-OH is 1. The molecule has 84 valence electrons. The molecular weight excluding hydrogens is 256 g/mol. The molecule has 15 heavy (non-hydrogen) atoms. The zero-order valence-electron chi connectivity index (χ0n) is 9.04. The van der Waals surface area contributed by atoms with Crippen LogP contribution in [0.5, 0.6) is 0 Å². The highest BCUT2D eigenvalue weighted by Gasteiger charge is 2.24. The predicted octanol–water partition coefficient (Wildman–Crippen LogP) is 2.38. The summed E-state index contributed by atoms with van der Waals surface area (Å²) in [5.74, 6) is 1.63. The highest BCUT2D eigenvalue weighted by Crippen LogP contribution is 2.37. The lowest BCUT2D eigenvalue weighted by molar-refractivity contribution is 0.295. The van der Waals surface area contributed by atoms with Crippen molar-refractivity contribution in [3.05, 3.63) is 16.1 Å². The van der Waals surface area contributed by atoms with Crippen molar-refractivity contribution in [2.45, 2.75) is 38.0 Å². The summed E-state index contributed by atoms with van der Waals surface area (Å²) in [6.45, 7) is 0.168. The van der Waals surface area contributed by atoms with Gasteiger partial charge < -0.3 is 9.67 Å². The van der Waals surface area contributed by atoms with E-state index in [1.807, 2.05) is 0 Å². The first-order chi connectivity index (χ1) is 7.24. The molecule has 2 rings (SSSR count). The average Bonchev–Trinajstić information content (AvgIpc) is 2.77. The molecule has 1 aromatic heterocycles. The zero-order chi connectivity index (χ0) is 10.8. The van der Waals surface area contributed by atoms with Crippen LogP contribution in [-0.2, 0) is 13.5 Å². The first-order valence-electron chi connectivity index (χ1n) is 5.56. The summed E-state index contributed by atoms with van der Waals surface area (Å²) >= 11 is 3.53. The summed E-state index contributed by atoms with van der Waals surface area (Å²) in [7, 11) is 2.05. The van der Waals surface area contributed by atoms with Crippen molar-refractivity contribution in [2.24, 2.45) is 7.05 Å². The van der Waals surface area contributed by atoms with E-state index in [1.165, 1.54) is 31.4 Å². The fourth-order valence-corrected chi connectivity index (χ4v) is 3.28. The molecule has 1 N–H and O–H groups in total. The molecule has 1 saturated carbocycles. The zero-order valence-corrected chi connectivity index (χ0v) is 10.6. The summed E-state index contributed by atoms with van der Waals surface area (Å²) in [4.78, 5) is 4.46. The highest BCUT2D eigenvalue weighted by atomic mass is 79.9. The second-order valence-corrected chi connectivity index (χ2v) is 4.97. The van der Waals surface area contributed by atoms with Gasteiger partial charge in [-0.05, 0) is 28.8 Å². The van der Waals surface area contributed by atoms with Crippen LogP contribution in [-0.4, -0.2) is 21.3 Å². The number of aliphatic hydroxyl groups is 1. The standard InChI is InChI=1S/C11H17BrN2O/c1-14-9(6-7-15)13-11(12)10(14)8-4-2-3-5-8/h8,15H,2-7H2,1H3. The topological polar surface area (TPSA) is 38.0 Å². The number of imidazole rings is 1. The van der Waals surface area contributed by atoms with Gasteiger partial charge in [0.1, 0.15) is 10.4 Å².